The average molecular weight is 446 g/mol. The van der Waals surface area contributed by atoms with E-state index in [2.05, 4.69) is 75.6 Å². The van der Waals surface area contributed by atoms with Crippen LogP contribution >= 0.6 is 0 Å². The maximum Gasteiger partial charge on any atom is 0.136 e. The molecule has 0 radical (unpaired) electrons. The molecule has 1 saturated heterocycles. The highest BCUT2D eigenvalue weighted by molar-refractivity contribution is 5.56. The van der Waals surface area contributed by atoms with Crippen molar-refractivity contribution >= 4 is 12.0 Å². The van der Waals surface area contributed by atoms with E-state index in [1.807, 2.05) is 0 Å². The number of piperidine rings is 1. The van der Waals surface area contributed by atoms with E-state index < -0.39 is 0 Å². The van der Waals surface area contributed by atoms with Crippen LogP contribution in [0.5, 0.6) is 5.75 Å². The minimum atomic E-state index is -0.329. The molecule has 0 aromatic heterocycles. The molecule has 0 bridgehead atoms. The van der Waals surface area contributed by atoms with Gasteiger partial charge in [-0.05, 0) is 67.2 Å². The largest absolute Gasteiger partial charge is 0.493 e. The van der Waals surface area contributed by atoms with Crippen molar-refractivity contribution in [3.8, 4) is 5.75 Å². The molecule has 5 nitrogen and oxygen atoms in total. The van der Waals surface area contributed by atoms with Crippen LogP contribution in [-0.4, -0.2) is 56.1 Å². The van der Waals surface area contributed by atoms with Crippen molar-refractivity contribution in [3.05, 3.63) is 24.3 Å². The maximum absolute atomic E-state index is 10.8. The van der Waals surface area contributed by atoms with Crippen LogP contribution in [0.3, 0.4) is 0 Å². The van der Waals surface area contributed by atoms with Gasteiger partial charge in [0, 0.05) is 37.9 Å². The molecule has 1 aliphatic heterocycles. The van der Waals surface area contributed by atoms with Gasteiger partial charge in [-0.2, -0.15) is 0 Å². The molecule has 2 atom stereocenters. The highest BCUT2D eigenvalue weighted by atomic mass is 16.5. The molecule has 0 saturated carbocycles. The zero-order valence-electron chi connectivity index (χ0n) is 21.3. The second-order valence-electron chi connectivity index (χ2n) is 11.4. The highest BCUT2D eigenvalue weighted by Crippen LogP contribution is 2.28. The number of nitrogens with two attached hydrogens (primary N) is 1. The van der Waals surface area contributed by atoms with Crippen LogP contribution in [0.2, 0.25) is 0 Å². The molecule has 32 heavy (non-hydrogen) atoms. The van der Waals surface area contributed by atoms with Crippen LogP contribution in [0.4, 0.5) is 5.69 Å². The lowest BCUT2D eigenvalue weighted by atomic mass is 9.97. The molecule has 2 rings (SSSR count). The Morgan fingerprint density at radius 2 is 1.78 bits per heavy atom. The first-order valence-corrected chi connectivity index (χ1v) is 12.5. The molecule has 0 spiro atoms. The van der Waals surface area contributed by atoms with E-state index in [4.69, 9.17) is 10.5 Å². The fourth-order valence-corrected chi connectivity index (χ4v) is 4.40. The number of carbonyl (C=O) groups is 1. The van der Waals surface area contributed by atoms with Gasteiger partial charge in [0.2, 0.25) is 0 Å². The van der Waals surface area contributed by atoms with Gasteiger partial charge in [0.1, 0.15) is 12.0 Å². The van der Waals surface area contributed by atoms with Crippen LogP contribution in [0, 0.1) is 17.3 Å². The van der Waals surface area contributed by atoms with Gasteiger partial charge >= 0.3 is 0 Å². The summed E-state index contributed by atoms with van der Waals surface area (Å²) in [4.78, 5) is 16.0. The molecule has 2 unspecified atom stereocenters. The number of ether oxygens (including phenoxy) is 1. The Morgan fingerprint density at radius 1 is 1.16 bits per heavy atom. The molecule has 0 aliphatic carbocycles. The van der Waals surface area contributed by atoms with Crippen molar-refractivity contribution in [1.29, 1.82) is 0 Å². The molecule has 182 valence electrons. The zero-order chi connectivity index (χ0) is 23.7. The van der Waals surface area contributed by atoms with Crippen molar-refractivity contribution in [2.45, 2.75) is 79.3 Å². The number of nitrogens with zero attached hydrogens (tertiary/aromatic N) is 2. The summed E-state index contributed by atoms with van der Waals surface area (Å²) in [5.41, 5.74) is 7.27. The lowest BCUT2D eigenvalue weighted by Crippen LogP contribution is -2.46. The summed E-state index contributed by atoms with van der Waals surface area (Å²) in [7, 11) is 0. The predicted molar refractivity (Wildman–Crippen MR) is 135 cm³/mol. The summed E-state index contributed by atoms with van der Waals surface area (Å²) in [5.74, 6) is 2.09. The van der Waals surface area contributed by atoms with Crippen LogP contribution in [0.15, 0.2) is 24.3 Å². The quantitative estimate of drug-likeness (QED) is 0.460. The van der Waals surface area contributed by atoms with Crippen LogP contribution < -0.4 is 15.4 Å². The first-order chi connectivity index (χ1) is 15.1. The molecular weight excluding hydrogens is 398 g/mol. The fourth-order valence-electron chi connectivity index (χ4n) is 4.40. The number of hydrogen-bond donors (Lipinski definition) is 1. The van der Waals surface area contributed by atoms with Crippen LogP contribution in [0.25, 0.3) is 0 Å². The van der Waals surface area contributed by atoms with Crippen molar-refractivity contribution in [2.75, 3.05) is 37.7 Å². The number of aldehydes is 1. The standard InChI is InChI=1S/C27H47N3O2/c1-21(2)11-16-30(24-7-9-26(10-8-24)32-20-27(4,5)6)25-12-14-29(15-13-25)18-22(3)17-23(28)19-31/h7-10,19,21-23,25H,11-18,20,28H2,1-6H3. The Bertz CT molecular complexity index is 660. The number of carbonyl (C=O) groups excluding carboxylic acids is 1. The smallest absolute Gasteiger partial charge is 0.136 e. The Hall–Kier alpha value is -1.59. The topological polar surface area (TPSA) is 58.8 Å². The van der Waals surface area contributed by atoms with E-state index in [1.54, 1.807) is 0 Å². The van der Waals surface area contributed by atoms with E-state index in [9.17, 15) is 4.79 Å². The van der Waals surface area contributed by atoms with Gasteiger partial charge in [0.05, 0.1) is 12.6 Å². The summed E-state index contributed by atoms with van der Waals surface area (Å²) >= 11 is 0. The second-order valence-corrected chi connectivity index (χ2v) is 11.4. The maximum atomic E-state index is 10.8. The molecular formula is C27H47N3O2. The highest BCUT2D eigenvalue weighted by Gasteiger charge is 2.26. The Labute approximate surface area is 196 Å². The molecule has 1 aromatic rings. The van der Waals surface area contributed by atoms with Crippen molar-refractivity contribution in [3.63, 3.8) is 0 Å². The number of hydrogen-bond acceptors (Lipinski definition) is 5. The lowest BCUT2D eigenvalue weighted by molar-refractivity contribution is -0.109. The van der Waals surface area contributed by atoms with Gasteiger partial charge in [0.15, 0.2) is 0 Å². The van der Waals surface area contributed by atoms with Crippen molar-refractivity contribution in [2.24, 2.45) is 23.0 Å². The van der Waals surface area contributed by atoms with Gasteiger partial charge < -0.3 is 25.1 Å². The predicted octanol–water partition coefficient (Wildman–Crippen LogP) is 4.98. The SMILES string of the molecule is CC(C)CCN(c1ccc(OCC(C)(C)C)cc1)C1CCN(CC(C)CC(N)C=O)CC1. The molecule has 1 heterocycles. The Kier molecular flexibility index (Phi) is 10.5. The van der Waals surface area contributed by atoms with E-state index in [-0.39, 0.29) is 11.5 Å². The molecule has 0 amide bonds. The molecule has 1 fully saturated rings. The summed E-state index contributed by atoms with van der Waals surface area (Å²) in [6.07, 6.45) is 5.19. The fraction of sp³-hybridized carbons (Fsp3) is 0.741. The lowest BCUT2D eigenvalue weighted by Gasteiger charge is -2.41. The zero-order valence-corrected chi connectivity index (χ0v) is 21.3. The van der Waals surface area contributed by atoms with E-state index in [0.717, 1.165) is 51.2 Å². The van der Waals surface area contributed by atoms with E-state index in [0.29, 0.717) is 17.9 Å². The second kappa shape index (κ2) is 12.6. The first kappa shape index (κ1) is 26.7. The number of likely N-dealkylation sites (tertiary alicyclic amines) is 1. The molecule has 2 N–H and O–H groups in total. The van der Waals surface area contributed by atoms with Crippen molar-refractivity contribution in [1.82, 2.24) is 4.90 Å². The third-order valence-corrected chi connectivity index (χ3v) is 6.20. The third-order valence-electron chi connectivity index (χ3n) is 6.20. The minimum absolute atomic E-state index is 0.158. The van der Waals surface area contributed by atoms with Gasteiger partial charge in [-0.1, -0.05) is 41.5 Å². The molecule has 1 aliphatic rings. The third kappa shape index (κ3) is 9.50. The summed E-state index contributed by atoms with van der Waals surface area (Å²) in [5, 5.41) is 0. The summed E-state index contributed by atoms with van der Waals surface area (Å²) < 4.78 is 5.98. The minimum Gasteiger partial charge on any atom is -0.493 e. The monoisotopic (exact) mass is 445 g/mol. The number of rotatable bonds is 12. The van der Waals surface area contributed by atoms with Gasteiger partial charge in [0.25, 0.3) is 0 Å². The van der Waals surface area contributed by atoms with Crippen molar-refractivity contribution < 1.29 is 9.53 Å². The Morgan fingerprint density at radius 3 is 2.31 bits per heavy atom. The first-order valence-electron chi connectivity index (χ1n) is 12.5. The van der Waals surface area contributed by atoms with Crippen LogP contribution in [0.1, 0.15) is 67.2 Å². The normalized spacial score (nSPS) is 17.9. The van der Waals surface area contributed by atoms with Gasteiger partial charge in [-0.3, -0.25) is 0 Å². The van der Waals surface area contributed by atoms with E-state index >= 15 is 0 Å². The van der Waals surface area contributed by atoms with E-state index in [1.165, 1.54) is 24.9 Å². The molecule has 1 aromatic carbocycles. The number of benzene rings is 1. The average Bonchev–Trinajstić information content (AvgIpc) is 2.73. The van der Waals surface area contributed by atoms with Gasteiger partial charge in [-0.15, -0.1) is 0 Å². The van der Waals surface area contributed by atoms with Gasteiger partial charge in [-0.25, -0.2) is 0 Å². The number of anilines is 1. The summed E-state index contributed by atoms with van der Waals surface area (Å²) in [6, 6.07) is 8.94. The molecule has 5 heteroatoms. The summed E-state index contributed by atoms with van der Waals surface area (Å²) in [6.45, 7) is 18.4. The van der Waals surface area contributed by atoms with Crippen LogP contribution in [-0.2, 0) is 4.79 Å². The Balaban J connectivity index is 1.97.